The van der Waals surface area contributed by atoms with Gasteiger partial charge in [0.25, 0.3) is 0 Å². The van der Waals surface area contributed by atoms with Gasteiger partial charge in [0.2, 0.25) is 0 Å². The van der Waals surface area contributed by atoms with Crippen LogP contribution in [0, 0.1) is 0 Å². The van der Waals surface area contributed by atoms with E-state index in [1.165, 1.54) is 14.0 Å². The van der Waals surface area contributed by atoms with Crippen molar-refractivity contribution in [3.8, 4) is 0 Å². The molecule has 0 aromatic rings. The highest BCUT2D eigenvalue weighted by atomic mass is 16.6. The Kier molecular flexibility index (Phi) is 7.00. The summed E-state index contributed by atoms with van der Waals surface area (Å²) in [4.78, 5) is 21.7. The number of hydrogen-bond donors (Lipinski definition) is 1. The molecule has 0 radical (unpaired) electrons. The Labute approximate surface area is 88.2 Å². The first-order valence-electron chi connectivity index (χ1n) is 4.30. The molecule has 0 fully saturated rings. The fourth-order valence-corrected chi connectivity index (χ4v) is 0.574. The molecule has 0 aromatic carbocycles. The number of carbonyl (C=O) groups excluding carboxylic acids is 2. The van der Waals surface area contributed by atoms with Crippen molar-refractivity contribution in [3.63, 3.8) is 0 Å². The van der Waals surface area contributed by atoms with Crippen LogP contribution in [0.3, 0.4) is 0 Å². The molecule has 0 bridgehead atoms. The lowest BCUT2D eigenvalue weighted by molar-refractivity contribution is -0.139. The number of methoxy groups -OCH3 is 1. The van der Waals surface area contributed by atoms with Crippen molar-refractivity contribution in [2.24, 2.45) is 0 Å². The summed E-state index contributed by atoms with van der Waals surface area (Å²) in [7, 11) is 1.44. The van der Waals surface area contributed by atoms with Crippen molar-refractivity contribution in [1.82, 2.24) is 5.32 Å². The van der Waals surface area contributed by atoms with Gasteiger partial charge in [0.05, 0.1) is 0 Å². The Morgan fingerprint density at radius 2 is 1.87 bits per heavy atom. The van der Waals surface area contributed by atoms with Crippen LogP contribution >= 0.6 is 0 Å². The first-order valence-corrected chi connectivity index (χ1v) is 4.30. The number of ether oxygens (including phenoxy) is 3. The summed E-state index contributed by atoms with van der Waals surface area (Å²) in [5.74, 6) is -0.504. The molecular weight excluding hydrogens is 202 g/mol. The highest BCUT2D eigenvalue weighted by Gasteiger charge is 2.04. The van der Waals surface area contributed by atoms with E-state index in [0.29, 0.717) is 5.57 Å². The van der Waals surface area contributed by atoms with Gasteiger partial charge >= 0.3 is 12.1 Å². The molecule has 1 N–H and O–H groups in total. The van der Waals surface area contributed by atoms with E-state index in [9.17, 15) is 9.59 Å². The quantitative estimate of drug-likeness (QED) is 0.302. The molecule has 0 saturated heterocycles. The van der Waals surface area contributed by atoms with Gasteiger partial charge < -0.3 is 14.2 Å². The maximum Gasteiger partial charge on any atom is 0.409 e. The van der Waals surface area contributed by atoms with Crippen LogP contribution < -0.4 is 5.32 Å². The normalized spacial score (nSPS) is 9.20. The number of amides is 1. The van der Waals surface area contributed by atoms with Crippen molar-refractivity contribution >= 4 is 12.1 Å². The minimum Gasteiger partial charge on any atom is -0.459 e. The Morgan fingerprint density at radius 3 is 2.40 bits per heavy atom. The van der Waals surface area contributed by atoms with Gasteiger partial charge in [-0.3, -0.25) is 5.32 Å². The van der Waals surface area contributed by atoms with Gasteiger partial charge in [0.15, 0.2) is 0 Å². The maximum atomic E-state index is 10.9. The topological polar surface area (TPSA) is 73.9 Å². The largest absolute Gasteiger partial charge is 0.459 e. The van der Waals surface area contributed by atoms with Crippen LogP contribution in [0.5, 0.6) is 0 Å². The third kappa shape index (κ3) is 7.51. The summed E-state index contributed by atoms with van der Waals surface area (Å²) in [6.45, 7) is 5.01. The van der Waals surface area contributed by atoms with Crippen LogP contribution in [0.25, 0.3) is 0 Å². The number of nitrogens with one attached hydrogen (secondary N) is 1. The number of alkyl carbamates (subject to hydrolysis) is 1. The van der Waals surface area contributed by atoms with Crippen molar-refractivity contribution in [2.45, 2.75) is 6.92 Å². The van der Waals surface area contributed by atoms with Crippen LogP contribution in [0.4, 0.5) is 4.79 Å². The summed E-state index contributed by atoms with van der Waals surface area (Å²) < 4.78 is 13.9. The first kappa shape index (κ1) is 13.4. The molecule has 0 atom stereocenters. The van der Waals surface area contributed by atoms with Crippen LogP contribution in [-0.2, 0) is 19.0 Å². The maximum absolute atomic E-state index is 10.9. The van der Waals surface area contributed by atoms with Crippen molar-refractivity contribution < 1.29 is 23.8 Å². The predicted molar refractivity (Wildman–Crippen MR) is 52.1 cm³/mol. The van der Waals surface area contributed by atoms with E-state index in [1.807, 2.05) is 0 Å². The van der Waals surface area contributed by atoms with E-state index in [0.717, 1.165) is 0 Å². The first-order chi connectivity index (χ1) is 7.07. The van der Waals surface area contributed by atoms with Gasteiger partial charge in [-0.2, -0.15) is 0 Å². The Morgan fingerprint density at radius 1 is 1.27 bits per heavy atom. The average molecular weight is 217 g/mol. The lowest BCUT2D eigenvalue weighted by Crippen LogP contribution is -2.27. The fraction of sp³-hybridized carbons (Fsp3) is 0.556. The summed E-state index contributed by atoms with van der Waals surface area (Å²) in [5.41, 5.74) is 0.304. The minimum atomic E-state index is -0.622. The molecule has 0 aromatic heterocycles. The number of carbonyl (C=O) groups is 2. The summed E-state index contributed by atoms with van der Waals surface area (Å²) in [5, 5.41) is 2.30. The van der Waals surface area contributed by atoms with Crippen molar-refractivity contribution in [3.05, 3.63) is 12.2 Å². The molecule has 0 aliphatic carbocycles. The molecule has 0 rings (SSSR count). The summed E-state index contributed by atoms with van der Waals surface area (Å²) >= 11 is 0. The van der Waals surface area contributed by atoms with Gasteiger partial charge in [-0.1, -0.05) is 6.58 Å². The van der Waals surface area contributed by atoms with E-state index in [1.54, 1.807) is 0 Å². The highest BCUT2D eigenvalue weighted by Crippen LogP contribution is 1.91. The molecule has 6 nitrogen and oxygen atoms in total. The van der Waals surface area contributed by atoms with Crippen LogP contribution in [0.15, 0.2) is 12.2 Å². The fourth-order valence-electron chi connectivity index (χ4n) is 0.574. The molecule has 0 aliphatic rings. The molecule has 0 saturated carbocycles. The highest BCUT2D eigenvalue weighted by molar-refractivity contribution is 5.86. The smallest absolute Gasteiger partial charge is 0.409 e. The second-order valence-electron chi connectivity index (χ2n) is 2.66. The van der Waals surface area contributed by atoms with E-state index in [4.69, 9.17) is 0 Å². The van der Waals surface area contributed by atoms with Crippen LogP contribution in [0.2, 0.25) is 0 Å². The van der Waals surface area contributed by atoms with Gasteiger partial charge in [-0.15, -0.1) is 0 Å². The molecular formula is C9H15NO5. The van der Waals surface area contributed by atoms with E-state index in [-0.39, 0.29) is 19.9 Å². The third-order valence-electron chi connectivity index (χ3n) is 1.26. The zero-order valence-corrected chi connectivity index (χ0v) is 8.87. The van der Waals surface area contributed by atoms with E-state index < -0.39 is 12.1 Å². The lowest BCUT2D eigenvalue weighted by atomic mass is 10.4. The van der Waals surface area contributed by atoms with E-state index in [2.05, 4.69) is 26.1 Å². The second kappa shape index (κ2) is 7.81. The lowest BCUT2D eigenvalue weighted by Gasteiger charge is -2.06. The van der Waals surface area contributed by atoms with Crippen LogP contribution in [-0.4, -0.2) is 39.1 Å². The Hall–Kier alpha value is -1.56. The van der Waals surface area contributed by atoms with Crippen molar-refractivity contribution in [1.29, 1.82) is 0 Å². The zero-order valence-electron chi connectivity index (χ0n) is 8.87. The van der Waals surface area contributed by atoms with Crippen LogP contribution in [0.1, 0.15) is 6.92 Å². The van der Waals surface area contributed by atoms with Crippen molar-refractivity contribution in [2.75, 3.05) is 27.1 Å². The molecule has 0 heterocycles. The second-order valence-corrected chi connectivity index (χ2v) is 2.66. The number of hydrogen-bond acceptors (Lipinski definition) is 5. The van der Waals surface area contributed by atoms with E-state index >= 15 is 0 Å². The third-order valence-corrected chi connectivity index (χ3v) is 1.26. The van der Waals surface area contributed by atoms with Gasteiger partial charge in [-0.05, 0) is 6.92 Å². The standard InChI is InChI=1S/C9H15NO5/c1-7(2)8(11)14-4-5-15-9(12)10-6-13-3/h1,4-6H2,2-3H3,(H,10,12). The summed E-state index contributed by atoms with van der Waals surface area (Å²) in [6, 6.07) is 0. The number of rotatable bonds is 6. The minimum absolute atomic E-state index is 0.00539. The molecule has 0 aliphatic heterocycles. The molecule has 0 unspecified atom stereocenters. The van der Waals surface area contributed by atoms with Gasteiger partial charge in [0, 0.05) is 12.7 Å². The Balaban J connectivity index is 3.42. The molecule has 15 heavy (non-hydrogen) atoms. The summed E-state index contributed by atoms with van der Waals surface area (Å²) in [6.07, 6.45) is -0.622. The molecule has 86 valence electrons. The molecule has 6 heteroatoms. The zero-order chi connectivity index (χ0) is 11.7. The molecule has 0 spiro atoms. The Bertz CT molecular complexity index is 239. The SMILES string of the molecule is C=C(C)C(=O)OCCOC(=O)NCOC. The van der Waals surface area contributed by atoms with Gasteiger partial charge in [0.1, 0.15) is 19.9 Å². The predicted octanol–water partition coefficient (Wildman–Crippen LogP) is 0.436. The number of esters is 1. The van der Waals surface area contributed by atoms with Gasteiger partial charge in [-0.25, -0.2) is 9.59 Å². The average Bonchev–Trinajstić information content (AvgIpc) is 2.20. The monoisotopic (exact) mass is 217 g/mol. The molecule has 1 amide bonds.